The average Bonchev–Trinajstić information content (AvgIpc) is 3.20. The second-order valence-electron chi connectivity index (χ2n) is 15.0. The smallest absolute Gasteiger partial charge is 0.220 e. The lowest BCUT2D eigenvalue weighted by Crippen LogP contribution is -2.55. The summed E-state index contributed by atoms with van der Waals surface area (Å²) in [5, 5.41) is 3.24. The van der Waals surface area contributed by atoms with E-state index in [0.717, 1.165) is 80.8 Å². The number of rotatable bonds is 18. The molecule has 1 aliphatic heterocycles. The fourth-order valence-electron chi connectivity index (χ4n) is 9.08. The summed E-state index contributed by atoms with van der Waals surface area (Å²) in [5.41, 5.74) is 6.79. The van der Waals surface area contributed by atoms with E-state index >= 15 is 0 Å². The van der Waals surface area contributed by atoms with Gasteiger partial charge in [-0.3, -0.25) is 9.69 Å². The number of benzene rings is 4. The minimum atomic E-state index is -0.138. The van der Waals surface area contributed by atoms with Crippen molar-refractivity contribution in [3.8, 4) is 17.2 Å². The molecule has 1 heterocycles. The summed E-state index contributed by atoms with van der Waals surface area (Å²) in [5.74, 6) is 2.71. The monoisotopic (exact) mass is 716 g/mol. The molecule has 1 spiro atoms. The number of aryl methyl sites for hydroxylation is 2. The zero-order valence-electron chi connectivity index (χ0n) is 32.3. The van der Waals surface area contributed by atoms with E-state index in [-0.39, 0.29) is 16.9 Å². The molecule has 6 nitrogen and oxygen atoms in total. The van der Waals surface area contributed by atoms with E-state index in [1.807, 2.05) is 38.1 Å². The third-order valence-electron chi connectivity index (χ3n) is 11.8. The number of nitrogens with one attached hydrogen (secondary N) is 1. The number of likely N-dealkylation sites (tertiary alicyclic amines) is 1. The van der Waals surface area contributed by atoms with Gasteiger partial charge in [0.05, 0.1) is 20.3 Å². The molecule has 1 fully saturated rings. The highest BCUT2D eigenvalue weighted by Crippen LogP contribution is 2.45. The van der Waals surface area contributed by atoms with Crippen molar-refractivity contribution in [3.63, 3.8) is 0 Å². The van der Waals surface area contributed by atoms with Crippen LogP contribution in [0, 0.1) is 0 Å². The summed E-state index contributed by atoms with van der Waals surface area (Å²) in [7, 11) is 1.67. The van der Waals surface area contributed by atoms with Gasteiger partial charge in [0, 0.05) is 23.9 Å². The first-order valence-corrected chi connectivity index (χ1v) is 20.2. The number of hydrogen-bond donors (Lipinski definition) is 1. The van der Waals surface area contributed by atoms with E-state index in [2.05, 4.69) is 83.0 Å². The Hall–Kier alpha value is -4.29. The Morgan fingerprint density at radius 1 is 0.792 bits per heavy atom. The van der Waals surface area contributed by atoms with Crippen LogP contribution in [0.2, 0.25) is 0 Å². The lowest BCUT2D eigenvalue weighted by Gasteiger charge is -2.50. The number of methoxy groups -OCH3 is 1. The molecule has 282 valence electrons. The lowest BCUT2D eigenvalue weighted by atomic mass is 9.68. The molecule has 1 aliphatic carbocycles. The third kappa shape index (κ3) is 9.45. The number of carbonyl (C=O) groups excluding carboxylic acids is 1. The van der Waals surface area contributed by atoms with Gasteiger partial charge in [-0.15, -0.1) is 0 Å². The van der Waals surface area contributed by atoms with E-state index < -0.39 is 0 Å². The second-order valence-corrected chi connectivity index (χ2v) is 15.0. The molecular weight excluding hydrogens is 657 g/mol. The first-order chi connectivity index (χ1) is 26.0. The highest BCUT2D eigenvalue weighted by atomic mass is 16.5. The first kappa shape index (κ1) is 38.4. The Balaban J connectivity index is 1.15. The Morgan fingerprint density at radius 2 is 1.43 bits per heavy atom. The molecule has 1 saturated heterocycles. The number of piperidine rings is 1. The number of amides is 1. The van der Waals surface area contributed by atoms with E-state index in [1.54, 1.807) is 7.11 Å². The van der Waals surface area contributed by atoms with Gasteiger partial charge in [-0.05, 0) is 143 Å². The van der Waals surface area contributed by atoms with Crippen LogP contribution in [0.1, 0.15) is 99.5 Å². The van der Waals surface area contributed by atoms with Crippen molar-refractivity contribution in [2.45, 2.75) is 102 Å². The van der Waals surface area contributed by atoms with Crippen molar-refractivity contribution in [3.05, 3.63) is 125 Å². The molecule has 2 aliphatic rings. The van der Waals surface area contributed by atoms with Crippen LogP contribution in [0.5, 0.6) is 17.2 Å². The average molecular weight is 717 g/mol. The van der Waals surface area contributed by atoms with Gasteiger partial charge in [-0.2, -0.15) is 0 Å². The fraction of sp³-hybridized carbons (Fsp3) is 0.468. The minimum absolute atomic E-state index is 0.109. The molecule has 0 saturated carbocycles. The molecule has 4 aromatic carbocycles. The summed E-state index contributed by atoms with van der Waals surface area (Å²) in [4.78, 5) is 15.8. The maximum absolute atomic E-state index is 12.9. The lowest BCUT2D eigenvalue weighted by molar-refractivity contribution is -0.121. The second kappa shape index (κ2) is 18.6. The molecule has 6 rings (SSSR count). The molecular formula is C47H60N2O4. The van der Waals surface area contributed by atoms with E-state index in [4.69, 9.17) is 14.2 Å². The number of carbonyl (C=O) groups is 1. The SMILES string of the molecule is CCOc1cc2c(cc1OCC)CC1(CCCCN1CCCC(CCCNC(=O)CCc1ccc(OC)cc1)(c1ccccc1)c1ccccc1)CC2. The molecule has 0 aromatic heterocycles. The van der Waals surface area contributed by atoms with Crippen LogP contribution in [0.3, 0.4) is 0 Å². The highest BCUT2D eigenvalue weighted by molar-refractivity contribution is 5.76. The maximum Gasteiger partial charge on any atom is 0.220 e. The number of ether oxygens (including phenoxy) is 3. The van der Waals surface area contributed by atoms with Crippen LogP contribution >= 0.6 is 0 Å². The standard InChI is InChI=1S/C47H60N2O4/c1-4-52-43-34-38-26-30-46(36-39(38)35-44(43)53-5-2)27-12-13-32-49(46)33-15-29-47(40-16-8-6-9-17-40,41-18-10-7-11-19-41)28-14-31-48-45(50)25-22-37-20-23-42(51-3)24-21-37/h6-11,16-21,23-24,34-35H,4-5,12-15,22,25-33,36H2,1-3H3,(H,48,50). The predicted octanol–water partition coefficient (Wildman–Crippen LogP) is 9.50. The van der Waals surface area contributed by atoms with E-state index in [1.165, 1.54) is 47.9 Å². The van der Waals surface area contributed by atoms with Crippen molar-refractivity contribution in [2.24, 2.45) is 0 Å². The van der Waals surface area contributed by atoms with Gasteiger partial charge in [0.1, 0.15) is 5.75 Å². The molecule has 53 heavy (non-hydrogen) atoms. The predicted molar refractivity (Wildman–Crippen MR) is 215 cm³/mol. The van der Waals surface area contributed by atoms with Crippen LogP contribution in [0.25, 0.3) is 0 Å². The minimum Gasteiger partial charge on any atom is -0.497 e. The van der Waals surface area contributed by atoms with Crippen LogP contribution in [-0.4, -0.2) is 56.3 Å². The largest absolute Gasteiger partial charge is 0.497 e. The molecule has 0 radical (unpaired) electrons. The summed E-state index contributed by atoms with van der Waals surface area (Å²) < 4.78 is 17.3. The number of fused-ring (bicyclic) bond motifs is 1. The molecule has 1 atom stereocenters. The van der Waals surface area contributed by atoms with Gasteiger partial charge in [-0.1, -0.05) is 79.2 Å². The number of hydrogen-bond acceptors (Lipinski definition) is 5. The summed E-state index contributed by atoms with van der Waals surface area (Å²) >= 11 is 0. The van der Waals surface area contributed by atoms with Crippen molar-refractivity contribution in [1.29, 1.82) is 0 Å². The Kier molecular flexibility index (Phi) is 13.5. The zero-order chi connectivity index (χ0) is 36.9. The Morgan fingerprint density at radius 3 is 2.08 bits per heavy atom. The van der Waals surface area contributed by atoms with E-state index in [0.29, 0.717) is 26.2 Å². The highest BCUT2D eigenvalue weighted by Gasteiger charge is 2.42. The third-order valence-corrected chi connectivity index (χ3v) is 11.8. The molecule has 1 unspecified atom stereocenters. The van der Waals surface area contributed by atoms with Gasteiger partial charge < -0.3 is 19.5 Å². The van der Waals surface area contributed by atoms with Gasteiger partial charge in [0.2, 0.25) is 5.91 Å². The zero-order valence-corrected chi connectivity index (χ0v) is 32.3. The van der Waals surface area contributed by atoms with Crippen molar-refractivity contribution in [2.75, 3.05) is 40.0 Å². The van der Waals surface area contributed by atoms with Crippen LogP contribution in [-0.2, 0) is 29.5 Å². The topological polar surface area (TPSA) is 60.0 Å². The molecule has 1 N–H and O–H groups in total. The quantitative estimate of drug-likeness (QED) is 0.104. The molecule has 1 amide bonds. The van der Waals surface area contributed by atoms with Crippen LogP contribution in [0.15, 0.2) is 97.1 Å². The summed E-state index contributed by atoms with van der Waals surface area (Å²) in [6.07, 6.45) is 12.4. The normalized spacial score (nSPS) is 17.3. The molecule has 6 heteroatoms. The van der Waals surface area contributed by atoms with Crippen LogP contribution in [0.4, 0.5) is 0 Å². The Bertz CT molecular complexity index is 1690. The summed E-state index contributed by atoms with van der Waals surface area (Å²) in [6, 6.07) is 34.7. The summed E-state index contributed by atoms with van der Waals surface area (Å²) in [6.45, 7) is 8.30. The van der Waals surface area contributed by atoms with Gasteiger partial charge in [0.15, 0.2) is 11.5 Å². The maximum atomic E-state index is 12.9. The first-order valence-electron chi connectivity index (χ1n) is 20.2. The van der Waals surface area contributed by atoms with Gasteiger partial charge in [-0.25, -0.2) is 0 Å². The fourth-order valence-corrected chi connectivity index (χ4v) is 9.08. The number of nitrogens with zero attached hydrogens (tertiary/aromatic N) is 1. The molecule has 4 aromatic rings. The van der Waals surface area contributed by atoms with Gasteiger partial charge >= 0.3 is 0 Å². The van der Waals surface area contributed by atoms with Crippen molar-refractivity contribution >= 4 is 5.91 Å². The Labute approximate surface area is 318 Å². The molecule has 0 bridgehead atoms. The van der Waals surface area contributed by atoms with Gasteiger partial charge in [0.25, 0.3) is 0 Å². The van der Waals surface area contributed by atoms with E-state index in [9.17, 15) is 4.79 Å². The van der Waals surface area contributed by atoms with Crippen molar-refractivity contribution < 1.29 is 19.0 Å². The van der Waals surface area contributed by atoms with Crippen molar-refractivity contribution in [1.82, 2.24) is 10.2 Å². The van der Waals surface area contributed by atoms with Crippen LogP contribution < -0.4 is 19.5 Å².